The number of guanidine groups is 2. The highest BCUT2D eigenvalue weighted by Crippen LogP contribution is 2.18. The van der Waals surface area contributed by atoms with Gasteiger partial charge in [-0.25, -0.2) is 9.78 Å². The molecule has 3 rings (SSSR count). The number of carboxylic acids is 2. The number of carboxylic acid groups (broad SMARTS) is 2. The molecule has 0 radical (unpaired) electrons. The number of hydrogen-bond acceptors (Lipinski definition) is 23. The van der Waals surface area contributed by atoms with Crippen LogP contribution in [0.2, 0.25) is 0 Å². The molecule has 29 N–H and O–H groups in total. The van der Waals surface area contributed by atoms with Gasteiger partial charge in [-0.1, -0.05) is 80.4 Å². The van der Waals surface area contributed by atoms with Gasteiger partial charge in [0.1, 0.15) is 78.3 Å². The summed E-state index contributed by atoms with van der Waals surface area (Å²) in [6, 6.07) is -13.1. The Morgan fingerprint density at radius 2 is 0.974 bits per heavy atom. The van der Waals surface area contributed by atoms with Gasteiger partial charge >= 0.3 is 11.9 Å². The van der Waals surface area contributed by atoms with E-state index < -0.39 is 230 Å². The number of amides is 14. The third kappa shape index (κ3) is 36.5. The fourth-order valence-electron chi connectivity index (χ4n) is 11.9. The van der Waals surface area contributed by atoms with Crippen LogP contribution in [0.25, 0.3) is 0 Å². The number of thiol groups is 1. The SMILES string of the molecule is CC[C@H](C)[C@H](NC(=O)[C@H](CCCN=C(N)N)NC(=O)[C@H](CCC(N)=O)NC(=O)[C@@H](NC(=O)[C@@H](NC(=O)[C@H](CCCN=C(N)N)NC(=O)[C@H](CO)NC(=O)CNC(=O)[C@H](Cc1ccc(O)cc1)NC(=O)[C@@H]1CCCN1)C(C)C)[C@@H](C)CC)C(=O)N[C@@H](CC(C)C)C(=O)N[C@@H](CCC(=O)O)C(=O)N[C@@H](Cc1cnc[nH]1)C(=O)N[C@@H](CS)C(=O)O. The number of aliphatic imine (C=N–C) groups is 2. The Bertz CT molecular complexity index is 3730. The predicted octanol–water partition coefficient (Wildman–Crippen LogP) is -6.38. The minimum Gasteiger partial charge on any atom is -0.508 e. The zero-order valence-corrected chi connectivity index (χ0v) is 68.0. The highest BCUT2D eigenvalue weighted by atomic mass is 32.1. The van der Waals surface area contributed by atoms with Crippen molar-refractivity contribution in [3.05, 3.63) is 48.0 Å². The number of aliphatic hydroxyl groups is 1. The molecule has 44 heteroatoms. The second kappa shape index (κ2) is 51.5. The van der Waals surface area contributed by atoms with Gasteiger partial charge in [-0.3, -0.25) is 81.9 Å². The molecule has 1 saturated heterocycles. The molecule has 0 bridgehead atoms. The van der Waals surface area contributed by atoms with Crippen molar-refractivity contribution in [2.75, 3.05) is 38.5 Å². The van der Waals surface area contributed by atoms with Crippen LogP contribution in [0, 0.1) is 23.7 Å². The molecule has 14 amide bonds. The summed E-state index contributed by atoms with van der Waals surface area (Å²) < 4.78 is 0. The van der Waals surface area contributed by atoms with Crippen LogP contribution in [0.1, 0.15) is 150 Å². The average Bonchev–Trinajstić information content (AvgIpc) is 0.928. The molecule has 117 heavy (non-hydrogen) atoms. The number of aromatic nitrogens is 2. The largest absolute Gasteiger partial charge is 0.508 e. The number of phenolic OH excluding ortho intramolecular Hbond substituents is 1. The van der Waals surface area contributed by atoms with Gasteiger partial charge in [0.05, 0.1) is 25.5 Å². The number of phenols is 1. The Hall–Kier alpha value is -11.4. The fourth-order valence-corrected chi connectivity index (χ4v) is 12.2. The van der Waals surface area contributed by atoms with Crippen molar-refractivity contribution >= 4 is 119 Å². The molecule has 0 unspecified atom stereocenters. The van der Waals surface area contributed by atoms with Crippen LogP contribution in [0.4, 0.5) is 0 Å². The quantitative estimate of drug-likeness (QED) is 0.0127. The molecule has 1 aromatic carbocycles. The van der Waals surface area contributed by atoms with E-state index >= 15 is 0 Å². The van der Waals surface area contributed by atoms with Crippen molar-refractivity contribution in [1.82, 2.24) is 84.4 Å². The molecule has 2 aromatic rings. The van der Waals surface area contributed by atoms with Crippen LogP contribution < -0.4 is 103 Å². The lowest BCUT2D eigenvalue weighted by Crippen LogP contribution is -2.62. The van der Waals surface area contributed by atoms with E-state index in [2.05, 4.69) is 107 Å². The van der Waals surface area contributed by atoms with Gasteiger partial charge in [0.2, 0.25) is 82.7 Å². The summed E-state index contributed by atoms with van der Waals surface area (Å²) in [5.41, 5.74) is 28.7. The number of benzene rings is 1. The smallest absolute Gasteiger partial charge is 0.327 e. The molecule has 43 nitrogen and oxygen atoms in total. The average molecular weight is 1670 g/mol. The van der Waals surface area contributed by atoms with Crippen LogP contribution in [0.5, 0.6) is 5.75 Å². The number of primary amides is 1. The topological polar surface area (TPSA) is 706 Å². The van der Waals surface area contributed by atoms with Crippen molar-refractivity contribution in [2.24, 2.45) is 62.3 Å². The van der Waals surface area contributed by atoms with Crippen LogP contribution >= 0.6 is 12.6 Å². The lowest BCUT2D eigenvalue weighted by Gasteiger charge is -2.31. The Morgan fingerprint density at radius 1 is 0.530 bits per heavy atom. The minimum absolute atomic E-state index is 0.00509. The number of carbonyl (C=O) groups is 16. The van der Waals surface area contributed by atoms with E-state index in [4.69, 9.17) is 28.7 Å². The van der Waals surface area contributed by atoms with Crippen LogP contribution in [0.3, 0.4) is 0 Å². The summed E-state index contributed by atoms with van der Waals surface area (Å²) in [4.78, 5) is 235. The maximum atomic E-state index is 14.8. The Morgan fingerprint density at radius 3 is 1.43 bits per heavy atom. The third-order valence-corrected chi connectivity index (χ3v) is 19.3. The van der Waals surface area contributed by atoms with Gasteiger partial charge in [-0.05, 0) is 106 Å². The van der Waals surface area contributed by atoms with Crippen molar-refractivity contribution in [1.29, 1.82) is 0 Å². The summed E-state index contributed by atoms with van der Waals surface area (Å²) in [7, 11) is 0. The van der Waals surface area contributed by atoms with E-state index in [1.165, 1.54) is 24.7 Å². The standard InChI is InChI=1S/C73H119N23O20S/c1-9-38(7)57(70(114)92-48(28-36(3)4)65(109)88-47(22-24-55(101)102)62(106)91-50(30-41-31-79-35-84-41)66(110)93-52(34-117)71(115)116)95-64(108)45(16-13-27-82-73(77)78)86-61(105)46(21-23-53(74)99)89-69(113)58(39(8)10-2)96-68(112)56(37(5)6)94-63(107)44(15-12-26-81-72(75)76)87-67(111)51(33-97)85-54(100)32-83-59(103)49(29-40-17-19-42(98)20-18-40)90-60(104)43-14-11-25-80-43/h17-20,31,35-39,43-52,56-58,80,97-98,117H,9-16,21-30,32-34H2,1-8H3,(H2,74,99)(H,79,84)(H,83,103)(H,85,100)(H,86,105)(H,87,111)(H,88,109)(H,89,113)(H,90,104)(H,91,106)(H,92,114)(H,93,110)(H,94,107)(H,95,108)(H,96,112)(H,101,102)(H,115,116)(H4,75,76,81)(H4,77,78,82)/t38-,39-,43-,44-,45-,46-,47-,48-,49-,50-,51-,52-,56-,57-,58-/m0/s1. The molecular weight excluding hydrogens is 1550 g/mol. The summed E-state index contributed by atoms with van der Waals surface area (Å²) in [6.07, 6.45) is 1.18. The van der Waals surface area contributed by atoms with Gasteiger partial charge in [0, 0.05) is 56.4 Å². The maximum Gasteiger partial charge on any atom is 0.327 e. The van der Waals surface area contributed by atoms with E-state index in [0.717, 1.165) is 6.42 Å². The molecule has 2 heterocycles. The van der Waals surface area contributed by atoms with Gasteiger partial charge in [-0.2, -0.15) is 12.6 Å². The number of nitrogens with two attached hydrogens (primary N) is 5. The molecule has 15 atom stereocenters. The second-order valence-electron chi connectivity index (χ2n) is 29.3. The third-order valence-electron chi connectivity index (χ3n) is 19.0. The second-order valence-corrected chi connectivity index (χ2v) is 29.6. The van der Waals surface area contributed by atoms with E-state index in [1.807, 2.05) is 0 Å². The first-order valence-corrected chi connectivity index (χ1v) is 39.3. The molecule has 652 valence electrons. The zero-order chi connectivity index (χ0) is 87.8. The summed E-state index contributed by atoms with van der Waals surface area (Å²) >= 11 is 3.98. The summed E-state index contributed by atoms with van der Waals surface area (Å²) in [5, 5.41) is 75.4. The van der Waals surface area contributed by atoms with Crippen LogP contribution in [-0.2, 0) is 89.6 Å². The van der Waals surface area contributed by atoms with Gasteiger partial charge < -0.3 is 129 Å². The van der Waals surface area contributed by atoms with E-state index in [1.54, 1.807) is 67.5 Å². The number of rotatable bonds is 54. The maximum absolute atomic E-state index is 14.8. The minimum atomic E-state index is -1.74. The van der Waals surface area contributed by atoms with E-state index in [9.17, 15) is 97.1 Å². The number of aromatic hydroxyl groups is 1. The number of nitrogens with zero attached hydrogens (tertiary/aromatic N) is 3. The van der Waals surface area contributed by atoms with E-state index in [0.29, 0.717) is 24.2 Å². The Balaban J connectivity index is 1.93. The normalized spacial score (nSPS) is 16.0. The Kier molecular flexibility index (Phi) is 43.9. The van der Waals surface area contributed by atoms with Crippen molar-refractivity contribution < 1.29 is 97.1 Å². The molecule has 1 aliphatic rings. The number of aliphatic hydroxyl groups excluding tert-OH is 1. The molecule has 1 aromatic heterocycles. The first-order chi connectivity index (χ1) is 55.2. The number of nitrogens with one attached hydrogen (secondary N) is 15. The van der Waals surface area contributed by atoms with Crippen LogP contribution in [-0.4, -0.2) is 254 Å². The number of H-pyrrole nitrogens is 1. The molecule has 0 aliphatic carbocycles. The first kappa shape index (κ1) is 99.8. The Labute approximate surface area is 682 Å². The molecule has 1 fully saturated rings. The van der Waals surface area contributed by atoms with E-state index in [-0.39, 0.29) is 100 Å². The number of carbonyl (C=O) groups excluding carboxylic acids is 14. The van der Waals surface area contributed by atoms with Crippen molar-refractivity contribution in [3.63, 3.8) is 0 Å². The molecule has 0 spiro atoms. The van der Waals surface area contributed by atoms with Crippen molar-refractivity contribution in [2.45, 2.75) is 230 Å². The van der Waals surface area contributed by atoms with Gasteiger partial charge in [0.25, 0.3) is 0 Å². The fraction of sp³-hybridized carbons (Fsp3) is 0.630. The van der Waals surface area contributed by atoms with Gasteiger partial charge in [0.15, 0.2) is 11.9 Å². The first-order valence-electron chi connectivity index (χ1n) is 38.7. The monoisotopic (exact) mass is 1670 g/mol. The molecule has 1 aliphatic heterocycles. The number of hydrogen-bond donors (Lipinski definition) is 25. The molecule has 0 saturated carbocycles. The number of aromatic amines is 1. The van der Waals surface area contributed by atoms with Crippen LogP contribution in [0.15, 0.2) is 46.8 Å². The summed E-state index contributed by atoms with van der Waals surface area (Å²) in [5.74, 6) is -19.6. The molecular formula is C73H119N23O20S. The van der Waals surface area contributed by atoms with Crippen molar-refractivity contribution in [3.8, 4) is 5.75 Å². The lowest BCUT2D eigenvalue weighted by molar-refractivity contribution is -0.141. The number of aliphatic carboxylic acids is 2. The highest BCUT2D eigenvalue weighted by molar-refractivity contribution is 7.80. The highest BCUT2D eigenvalue weighted by Gasteiger charge is 2.40. The zero-order valence-electron chi connectivity index (χ0n) is 67.1. The summed E-state index contributed by atoms with van der Waals surface area (Å²) in [6.45, 7) is 11.7. The lowest BCUT2D eigenvalue weighted by atomic mass is 9.95. The predicted molar refractivity (Wildman–Crippen MR) is 428 cm³/mol. The number of imidazole rings is 1. The van der Waals surface area contributed by atoms with Gasteiger partial charge in [-0.15, -0.1) is 0 Å².